The van der Waals surface area contributed by atoms with E-state index >= 15 is 0 Å². The second-order valence-electron chi connectivity index (χ2n) is 5.32. The Hall–Kier alpha value is -2.11. The summed E-state index contributed by atoms with van der Waals surface area (Å²) in [5.74, 6) is 1.04. The maximum absolute atomic E-state index is 12.4. The van der Waals surface area contributed by atoms with Crippen molar-refractivity contribution in [3.05, 3.63) is 69.0 Å². The molecular weight excluding hydrogens is 392 g/mol. The molecule has 0 aliphatic rings. The highest BCUT2D eigenvalue weighted by atomic mass is 79.9. The molecule has 0 fully saturated rings. The lowest BCUT2D eigenvalue weighted by Gasteiger charge is -2.08. The number of hydrogen-bond acceptors (Lipinski definition) is 3. The highest BCUT2D eigenvalue weighted by molar-refractivity contribution is 9.10. The van der Waals surface area contributed by atoms with Crippen LogP contribution in [0.15, 0.2) is 51.4 Å². The number of anilines is 1. The average molecular weight is 406 g/mol. The fraction of sp³-hybridized carbons (Fsp3) is 0.111. The zero-order valence-corrected chi connectivity index (χ0v) is 15.4. The van der Waals surface area contributed by atoms with Crippen molar-refractivity contribution in [1.29, 1.82) is 0 Å². The number of nitrogens with one attached hydrogen (secondary N) is 1. The van der Waals surface area contributed by atoms with Crippen LogP contribution in [-0.4, -0.2) is 10.9 Å². The summed E-state index contributed by atoms with van der Waals surface area (Å²) in [7, 11) is 0. The highest BCUT2D eigenvalue weighted by Gasteiger charge is 2.13. The van der Waals surface area contributed by atoms with Crippen LogP contribution in [-0.2, 0) is 0 Å². The van der Waals surface area contributed by atoms with Crippen molar-refractivity contribution in [2.45, 2.75) is 13.8 Å². The SMILES string of the molecule is Cc1nc(-c2cccc(NC(=O)c3ccc(Br)cc3Cl)c2)oc1C. The molecule has 0 saturated heterocycles. The molecule has 0 bridgehead atoms. The molecular formula is C18H14BrClN2O2. The van der Waals surface area contributed by atoms with Gasteiger partial charge < -0.3 is 9.73 Å². The Morgan fingerprint density at radius 2 is 2.00 bits per heavy atom. The van der Waals surface area contributed by atoms with Crippen molar-refractivity contribution in [2.75, 3.05) is 5.32 Å². The molecule has 24 heavy (non-hydrogen) atoms. The summed E-state index contributed by atoms with van der Waals surface area (Å²) in [6.45, 7) is 3.76. The molecule has 0 atom stereocenters. The van der Waals surface area contributed by atoms with Gasteiger partial charge in [-0.1, -0.05) is 33.6 Å². The number of oxazole rings is 1. The molecule has 4 nitrogen and oxygen atoms in total. The van der Waals surface area contributed by atoms with Crippen LogP contribution in [0, 0.1) is 13.8 Å². The number of nitrogens with zero attached hydrogens (tertiary/aromatic N) is 1. The van der Waals surface area contributed by atoms with E-state index in [0.717, 1.165) is 21.5 Å². The predicted octanol–water partition coefficient (Wildman–Crippen LogP) is 5.63. The predicted molar refractivity (Wildman–Crippen MR) is 98.5 cm³/mol. The molecule has 0 aliphatic carbocycles. The van der Waals surface area contributed by atoms with E-state index in [1.165, 1.54) is 0 Å². The second-order valence-corrected chi connectivity index (χ2v) is 6.64. The van der Waals surface area contributed by atoms with Gasteiger partial charge in [0.25, 0.3) is 5.91 Å². The van der Waals surface area contributed by atoms with Gasteiger partial charge in [0.15, 0.2) is 0 Å². The Morgan fingerprint density at radius 1 is 1.21 bits per heavy atom. The first kappa shape index (κ1) is 16.7. The molecule has 1 aromatic heterocycles. The van der Waals surface area contributed by atoms with E-state index < -0.39 is 0 Å². The number of aryl methyl sites for hydroxylation is 2. The van der Waals surface area contributed by atoms with Crippen LogP contribution in [0.4, 0.5) is 5.69 Å². The standard InChI is InChI=1S/C18H14BrClN2O2/c1-10-11(2)24-18(21-10)12-4-3-5-14(8-12)22-17(23)15-7-6-13(19)9-16(15)20/h3-9H,1-2H3,(H,22,23). The molecule has 1 N–H and O–H groups in total. The third-order valence-electron chi connectivity index (χ3n) is 3.57. The number of carbonyl (C=O) groups is 1. The van der Waals surface area contributed by atoms with Gasteiger partial charge in [0, 0.05) is 15.7 Å². The molecule has 3 rings (SSSR count). The van der Waals surface area contributed by atoms with Crippen molar-refractivity contribution in [1.82, 2.24) is 4.98 Å². The van der Waals surface area contributed by atoms with Crippen LogP contribution < -0.4 is 5.32 Å². The third kappa shape index (κ3) is 3.52. The average Bonchev–Trinajstić information content (AvgIpc) is 2.87. The number of benzene rings is 2. The second kappa shape index (κ2) is 6.79. The van der Waals surface area contributed by atoms with Gasteiger partial charge in [-0.3, -0.25) is 4.79 Å². The number of aromatic nitrogens is 1. The molecule has 0 aliphatic heterocycles. The Kier molecular flexibility index (Phi) is 4.73. The van der Waals surface area contributed by atoms with E-state index in [9.17, 15) is 4.79 Å². The summed E-state index contributed by atoms with van der Waals surface area (Å²) < 4.78 is 6.45. The number of rotatable bonds is 3. The molecule has 1 amide bonds. The molecule has 0 saturated carbocycles. The molecule has 2 aromatic carbocycles. The van der Waals surface area contributed by atoms with Crippen molar-refractivity contribution in [3.63, 3.8) is 0 Å². The zero-order valence-electron chi connectivity index (χ0n) is 13.1. The number of halogens is 2. The maximum atomic E-state index is 12.4. The minimum atomic E-state index is -0.274. The maximum Gasteiger partial charge on any atom is 0.257 e. The summed E-state index contributed by atoms with van der Waals surface area (Å²) in [5, 5.41) is 3.23. The molecule has 0 radical (unpaired) electrons. The molecule has 0 spiro atoms. The topological polar surface area (TPSA) is 55.1 Å². The van der Waals surface area contributed by atoms with Gasteiger partial charge in [-0.15, -0.1) is 0 Å². The van der Waals surface area contributed by atoms with Crippen LogP contribution in [0.25, 0.3) is 11.5 Å². The smallest absolute Gasteiger partial charge is 0.257 e. The lowest BCUT2D eigenvalue weighted by Crippen LogP contribution is -2.12. The van der Waals surface area contributed by atoms with E-state index in [1.807, 2.05) is 32.0 Å². The first-order chi connectivity index (χ1) is 11.4. The van der Waals surface area contributed by atoms with Crippen molar-refractivity contribution < 1.29 is 9.21 Å². The molecule has 122 valence electrons. The van der Waals surface area contributed by atoms with E-state index in [2.05, 4.69) is 26.2 Å². The largest absolute Gasteiger partial charge is 0.441 e. The lowest BCUT2D eigenvalue weighted by atomic mass is 10.1. The third-order valence-corrected chi connectivity index (χ3v) is 4.38. The van der Waals surface area contributed by atoms with Crippen LogP contribution in [0.2, 0.25) is 5.02 Å². The first-order valence-electron chi connectivity index (χ1n) is 7.25. The summed E-state index contributed by atoms with van der Waals surface area (Å²) in [4.78, 5) is 16.8. The highest BCUT2D eigenvalue weighted by Crippen LogP contribution is 2.26. The normalized spacial score (nSPS) is 10.7. The van der Waals surface area contributed by atoms with Crippen molar-refractivity contribution in [2.24, 2.45) is 0 Å². The first-order valence-corrected chi connectivity index (χ1v) is 8.42. The van der Waals surface area contributed by atoms with Gasteiger partial charge in [-0.05, 0) is 50.2 Å². The van der Waals surface area contributed by atoms with Crippen LogP contribution in [0.3, 0.4) is 0 Å². The van der Waals surface area contributed by atoms with Gasteiger partial charge in [0.05, 0.1) is 16.3 Å². The lowest BCUT2D eigenvalue weighted by molar-refractivity contribution is 0.102. The van der Waals surface area contributed by atoms with Gasteiger partial charge in [-0.2, -0.15) is 0 Å². The number of hydrogen-bond donors (Lipinski definition) is 1. The van der Waals surface area contributed by atoms with Gasteiger partial charge in [0.1, 0.15) is 5.76 Å². The molecule has 6 heteroatoms. The van der Waals surface area contributed by atoms with Gasteiger partial charge in [-0.25, -0.2) is 4.98 Å². The minimum Gasteiger partial charge on any atom is -0.441 e. The fourth-order valence-corrected chi connectivity index (χ4v) is 2.96. The Morgan fingerprint density at radius 3 is 2.67 bits per heavy atom. The zero-order chi connectivity index (χ0) is 17.3. The molecule has 1 heterocycles. The number of carbonyl (C=O) groups excluding carboxylic acids is 1. The Bertz CT molecular complexity index is 902. The minimum absolute atomic E-state index is 0.274. The fourth-order valence-electron chi connectivity index (χ4n) is 2.20. The van der Waals surface area contributed by atoms with Gasteiger partial charge >= 0.3 is 0 Å². The quantitative estimate of drug-likeness (QED) is 0.614. The Labute approximate surface area is 153 Å². The van der Waals surface area contributed by atoms with Crippen LogP contribution in [0.5, 0.6) is 0 Å². The van der Waals surface area contributed by atoms with E-state index in [0.29, 0.717) is 22.2 Å². The van der Waals surface area contributed by atoms with Crippen LogP contribution in [0.1, 0.15) is 21.8 Å². The monoisotopic (exact) mass is 404 g/mol. The van der Waals surface area contributed by atoms with E-state index in [-0.39, 0.29) is 5.91 Å². The summed E-state index contributed by atoms with van der Waals surface area (Å²) in [6.07, 6.45) is 0. The van der Waals surface area contributed by atoms with Crippen LogP contribution >= 0.6 is 27.5 Å². The van der Waals surface area contributed by atoms with Crippen molar-refractivity contribution >= 4 is 39.1 Å². The van der Waals surface area contributed by atoms with E-state index in [1.54, 1.807) is 24.3 Å². The number of amides is 1. The summed E-state index contributed by atoms with van der Waals surface area (Å²) >= 11 is 9.44. The molecule has 0 unspecified atom stereocenters. The van der Waals surface area contributed by atoms with Crippen molar-refractivity contribution in [3.8, 4) is 11.5 Å². The Balaban J connectivity index is 1.85. The summed E-state index contributed by atoms with van der Waals surface area (Å²) in [5.41, 5.74) is 2.70. The molecule has 3 aromatic rings. The van der Waals surface area contributed by atoms with Gasteiger partial charge in [0.2, 0.25) is 5.89 Å². The van der Waals surface area contributed by atoms with E-state index in [4.69, 9.17) is 16.0 Å². The summed E-state index contributed by atoms with van der Waals surface area (Å²) in [6, 6.07) is 12.5.